The van der Waals surface area contributed by atoms with Gasteiger partial charge in [-0.25, -0.2) is 4.79 Å². The van der Waals surface area contributed by atoms with Crippen LogP contribution in [0.4, 0.5) is 10.5 Å². The van der Waals surface area contributed by atoms with Gasteiger partial charge in [-0.1, -0.05) is 73.9 Å². The Hall–Kier alpha value is -3.78. The number of rotatable bonds is 10. The predicted molar refractivity (Wildman–Crippen MR) is 163 cm³/mol. The first kappa shape index (κ1) is 30.8. The SMILES string of the molecule is CC(NC(=O)N(Cc1ccc(C(=O)NCCC(=O)O)cc1)c1ccc(C2CCCCC2)cc1)c1ccccc1.S. The van der Waals surface area contributed by atoms with E-state index in [1.165, 1.54) is 37.7 Å². The van der Waals surface area contributed by atoms with Gasteiger partial charge in [0.05, 0.1) is 19.0 Å². The molecule has 1 fully saturated rings. The van der Waals surface area contributed by atoms with Crippen molar-refractivity contribution in [3.05, 3.63) is 101 Å². The fraction of sp³-hybridized carbons (Fsp3) is 0.344. The Morgan fingerprint density at radius 2 is 1.55 bits per heavy atom. The van der Waals surface area contributed by atoms with Gasteiger partial charge in [0, 0.05) is 17.8 Å². The van der Waals surface area contributed by atoms with Gasteiger partial charge in [0.25, 0.3) is 5.91 Å². The molecule has 0 aromatic heterocycles. The third-order valence-corrected chi connectivity index (χ3v) is 7.35. The number of carboxylic acid groups (broad SMARTS) is 1. The minimum absolute atomic E-state index is 0. The van der Waals surface area contributed by atoms with E-state index in [-0.39, 0.29) is 44.4 Å². The topological polar surface area (TPSA) is 98.7 Å². The third-order valence-electron chi connectivity index (χ3n) is 7.35. The molecule has 3 aromatic carbocycles. The van der Waals surface area contributed by atoms with E-state index in [2.05, 4.69) is 22.8 Å². The highest BCUT2D eigenvalue weighted by molar-refractivity contribution is 7.59. The molecule has 0 heterocycles. The first-order valence-electron chi connectivity index (χ1n) is 13.7. The van der Waals surface area contributed by atoms with Gasteiger partial charge in [0.2, 0.25) is 0 Å². The number of carbonyl (C=O) groups is 3. The van der Waals surface area contributed by atoms with Crippen LogP contribution in [-0.4, -0.2) is 29.6 Å². The zero-order chi connectivity index (χ0) is 27.6. The highest BCUT2D eigenvalue weighted by Gasteiger charge is 2.21. The average Bonchev–Trinajstić information content (AvgIpc) is 2.97. The molecule has 8 heteroatoms. The minimum atomic E-state index is -0.961. The third kappa shape index (κ3) is 8.61. The molecule has 212 valence electrons. The lowest BCUT2D eigenvalue weighted by atomic mass is 9.84. The normalized spacial score (nSPS) is 13.9. The number of nitrogens with zero attached hydrogens (tertiary/aromatic N) is 1. The second-order valence-corrected chi connectivity index (χ2v) is 10.2. The second kappa shape index (κ2) is 15.1. The molecule has 1 unspecified atom stereocenters. The van der Waals surface area contributed by atoms with Crippen LogP contribution in [0.5, 0.6) is 0 Å². The van der Waals surface area contributed by atoms with Crippen molar-refractivity contribution in [2.75, 3.05) is 11.4 Å². The summed E-state index contributed by atoms with van der Waals surface area (Å²) in [4.78, 5) is 38.3. The highest BCUT2D eigenvalue weighted by atomic mass is 32.1. The molecular formula is C32H39N3O4S. The monoisotopic (exact) mass is 561 g/mol. The molecule has 0 bridgehead atoms. The average molecular weight is 562 g/mol. The van der Waals surface area contributed by atoms with Gasteiger partial charge in [-0.2, -0.15) is 13.5 Å². The number of hydrogen-bond acceptors (Lipinski definition) is 3. The minimum Gasteiger partial charge on any atom is -0.481 e. The smallest absolute Gasteiger partial charge is 0.322 e. The molecule has 0 saturated heterocycles. The Labute approximate surface area is 243 Å². The molecule has 0 radical (unpaired) electrons. The van der Waals surface area contributed by atoms with E-state index in [1.54, 1.807) is 17.0 Å². The lowest BCUT2D eigenvalue weighted by Gasteiger charge is -2.27. The van der Waals surface area contributed by atoms with E-state index in [4.69, 9.17) is 5.11 Å². The molecule has 0 aliphatic heterocycles. The van der Waals surface area contributed by atoms with Crippen molar-refractivity contribution in [2.45, 2.75) is 64.0 Å². The van der Waals surface area contributed by atoms with E-state index in [0.29, 0.717) is 18.0 Å². The van der Waals surface area contributed by atoms with E-state index in [0.717, 1.165) is 16.8 Å². The summed E-state index contributed by atoms with van der Waals surface area (Å²) in [5, 5.41) is 14.5. The molecule has 1 saturated carbocycles. The molecule has 4 rings (SSSR count). The number of aliphatic carboxylic acids is 1. The number of carboxylic acids is 1. The van der Waals surface area contributed by atoms with Gasteiger partial charge in [0.15, 0.2) is 0 Å². The molecule has 40 heavy (non-hydrogen) atoms. The van der Waals surface area contributed by atoms with E-state index in [9.17, 15) is 14.4 Å². The van der Waals surface area contributed by atoms with Crippen LogP contribution in [-0.2, 0) is 11.3 Å². The quantitative estimate of drug-likeness (QED) is 0.262. The van der Waals surface area contributed by atoms with E-state index >= 15 is 0 Å². The van der Waals surface area contributed by atoms with E-state index < -0.39 is 5.97 Å². The molecular weight excluding hydrogens is 522 g/mol. The number of urea groups is 1. The summed E-state index contributed by atoms with van der Waals surface area (Å²) < 4.78 is 0. The number of benzene rings is 3. The maximum atomic E-state index is 13.6. The van der Waals surface area contributed by atoms with Gasteiger partial charge in [-0.15, -0.1) is 0 Å². The lowest BCUT2D eigenvalue weighted by Crippen LogP contribution is -2.40. The Morgan fingerprint density at radius 3 is 2.17 bits per heavy atom. The van der Waals surface area contributed by atoms with Crippen molar-refractivity contribution in [3.8, 4) is 0 Å². The first-order valence-corrected chi connectivity index (χ1v) is 13.7. The number of amides is 3. The van der Waals surface area contributed by atoms with Gasteiger partial charge in [-0.05, 0) is 66.6 Å². The van der Waals surface area contributed by atoms with Gasteiger partial charge in [-0.3, -0.25) is 14.5 Å². The van der Waals surface area contributed by atoms with Crippen LogP contribution in [0.2, 0.25) is 0 Å². The summed E-state index contributed by atoms with van der Waals surface area (Å²) in [5.74, 6) is -0.702. The van der Waals surface area contributed by atoms with Crippen LogP contribution >= 0.6 is 13.5 Å². The number of carbonyl (C=O) groups excluding carboxylic acids is 2. The molecule has 1 aliphatic carbocycles. The van der Waals surface area contributed by atoms with Gasteiger partial charge >= 0.3 is 12.0 Å². The maximum Gasteiger partial charge on any atom is 0.322 e. The van der Waals surface area contributed by atoms with Crippen molar-refractivity contribution in [3.63, 3.8) is 0 Å². The molecule has 1 atom stereocenters. The van der Waals surface area contributed by atoms with Crippen LogP contribution in [0.1, 0.15) is 84.5 Å². The van der Waals surface area contributed by atoms with Crippen molar-refractivity contribution >= 4 is 37.1 Å². The molecule has 3 amide bonds. The van der Waals surface area contributed by atoms with Crippen LogP contribution in [0.15, 0.2) is 78.9 Å². The Morgan fingerprint density at radius 1 is 0.900 bits per heavy atom. The van der Waals surface area contributed by atoms with Crippen LogP contribution in [0.3, 0.4) is 0 Å². The van der Waals surface area contributed by atoms with Crippen molar-refractivity contribution in [2.24, 2.45) is 0 Å². The van der Waals surface area contributed by atoms with Gasteiger partial charge < -0.3 is 15.7 Å². The Balaban J connectivity index is 0.00000441. The lowest BCUT2D eigenvalue weighted by molar-refractivity contribution is -0.136. The Bertz CT molecular complexity index is 1240. The fourth-order valence-corrected chi connectivity index (χ4v) is 5.06. The fourth-order valence-electron chi connectivity index (χ4n) is 5.06. The Kier molecular flexibility index (Phi) is 11.6. The number of hydrogen-bond donors (Lipinski definition) is 3. The zero-order valence-corrected chi connectivity index (χ0v) is 23.9. The summed E-state index contributed by atoms with van der Waals surface area (Å²) in [6.45, 7) is 2.37. The first-order chi connectivity index (χ1) is 18.9. The largest absolute Gasteiger partial charge is 0.481 e. The summed E-state index contributed by atoms with van der Waals surface area (Å²) in [6, 6.07) is 24.9. The van der Waals surface area contributed by atoms with Crippen LogP contribution < -0.4 is 15.5 Å². The highest BCUT2D eigenvalue weighted by Crippen LogP contribution is 2.33. The molecule has 7 nitrogen and oxygen atoms in total. The number of nitrogens with one attached hydrogen (secondary N) is 2. The van der Waals surface area contributed by atoms with Crippen LogP contribution in [0.25, 0.3) is 0 Å². The summed E-state index contributed by atoms with van der Waals surface area (Å²) in [5.41, 5.74) is 4.47. The molecule has 0 spiro atoms. The number of anilines is 1. The van der Waals surface area contributed by atoms with Gasteiger partial charge in [0.1, 0.15) is 0 Å². The molecule has 3 aromatic rings. The van der Waals surface area contributed by atoms with E-state index in [1.807, 2.05) is 61.5 Å². The van der Waals surface area contributed by atoms with Crippen molar-refractivity contribution in [1.82, 2.24) is 10.6 Å². The zero-order valence-electron chi connectivity index (χ0n) is 22.9. The molecule has 1 aliphatic rings. The van der Waals surface area contributed by atoms with Crippen LogP contribution in [0, 0.1) is 0 Å². The predicted octanol–water partition coefficient (Wildman–Crippen LogP) is 6.53. The summed E-state index contributed by atoms with van der Waals surface area (Å²) >= 11 is 0. The van der Waals surface area contributed by atoms with Crippen molar-refractivity contribution in [1.29, 1.82) is 0 Å². The standard InChI is InChI=1S/C32H37N3O4.H2S/c1-23(25-8-4-2-5-9-25)34-32(39)35(29-18-16-27(17-19-29)26-10-6-3-7-11-26)22-24-12-14-28(15-13-24)31(38)33-21-20-30(36)37;/h2,4-5,8-9,12-19,23,26H,3,6-7,10-11,20-22H2,1H3,(H,33,38)(H,34,39)(H,36,37);1H2. The molecule has 3 N–H and O–H groups in total. The maximum absolute atomic E-state index is 13.6. The second-order valence-electron chi connectivity index (χ2n) is 10.2. The van der Waals surface area contributed by atoms with Crippen molar-refractivity contribution < 1.29 is 19.5 Å². The summed E-state index contributed by atoms with van der Waals surface area (Å²) in [6.07, 6.45) is 6.15. The summed E-state index contributed by atoms with van der Waals surface area (Å²) in [7, 11) is 0.